The molecule has 0 aliphatic carbocycles. The van der Waals surface area contributed by atoms with E-state index >= 15 is 0 Å². The largest absolute Gasteiger partial charge is 0.387 e. The van der Waals surface area contributed by atoms with Crippen LogP contribution in [0, 0.1) is 21.4 Å². The average molecular weight is 279 g/mol. The lowest BCUT2D eigenvalue weighted by molar-refractivity contribution is -0.385. The first kappa shape index (κ1) is 15.8. The summed E-state index contributed by atoms with van der Waals surface area (Å²) in [7, 11) is 3.67. The van der Waals surface area contributed by atoms with Crippen LogP contribution >= 0.6 is 0 Å². The Bertz CT molecular complexity index is 536. The van der Waals surface area contributed by atoms with Crippen LogP contribution in [0.5, 0.6) is 0 Å². The van der Waals surface area contributed by atoms with Crippen LogP contribution in [0.4, 0.5) is 11.5 Å². The highest BCUT2D eigenvalue weighted by atomic mass is 16.6. The van der Waals surface area contributed by atoms with Gasteiger partial charge in [0.25, 0.3) is 5.69 Å². The van der Waals surface area contributed by atoms with Crippen molar-refractivity contribution >= 4 is 11.5 Å². The van der Waals surface area contributed by atoms with Gasteiger partial charge in [-0.15, -0.1) is 0 Å². The number of aromatic nitrogens is 1. The molecule has 1 heterocycles. The highest BCUT2D eigenvalue weighted by Gasteiger charge is 2.22. The number of hydrogen-bond acceptors (Lipinski definition) is 7. The molecule has 0 amide bonds. The number of anilines is 1. The summed E-state index contributed by atoms with van der Waals surface area (Å²) in [5, 5.41) is 32.6. The number of hydrogen-bond donors (Lipinski definition) is 2. The van der Waals surface area contributed by atoms with Gasteiger partial charge in [0.1, 0.15) is 23.6 Å². The molecule has 0 fully saturated rings. The van der Waals surface area contributed by atoms with Crippen molar-refractivity contribution in [2.45, 2.75) is 12.5 Å². The van der Waals surface area contributed by atoms with Crippen LogP contribution in [0.1, 0.15) is 12.5 Å². The number of rotatable bonds is 6. The van der Waals surface area contributed by atoms with E-state index in [4.69, 9.17) is 5.26 Å². The number of pyridine rings is 1. The molecule has 20 heavy (non-hydrogen) atoms. The summed E-state index contributed by atoms with van der Waals surface area (Å²) in [6, 6.07) is 3.00. The van der Waals surface area contributed by atoms with Crippen LogP contribution in [0.2, 0.25) is 0 Å². The maximum atomic E-state index is 10.6. The highest BCUT2D eigenvalue weighted by Crippen LogP contribution is 2.19. The molecule has 1 aromatic heterocycles. The zero-order valence-electron chi connectivity index (χ0n) is 11.6. The Morgan fingerprint density at radius 2 is 2.30 bits per heavy atom. The Morgan fingerprint density at radius 1 is 1.65 bits per heavy atom. The maximum Gasteiger partial charge on any atom is 0.289 e. The third-order valence-corrected chi connectivity index (χ3v) is 2.50. The zero-order chi connectivity index (χ0) is 15.3. The summed E-state index contributed by atoms with van der Waals surface area (Å²) in [6.07, 6.45) is 1.07. The standard InChI is InChI=1S/C12H17N5O3/c1-12(18,8-16(2)3)7-15-11-9(5-13)4-10(6-14-11)17(19)20/h4,6,18H,7-8H2,1-3H3,(H,14,15). The third-order valence-electron chi connectivity index (χ3n) is 2.50. The molecule has 0 aliphatic rings. The van der Waals surface area contributed by atoms with Gasteiger partial charge in [-0.1, -0.05) is 0 Å². The van der Waals surface area contributed by atoms with Gasteiger partial charge in [-0.05, 0) is 21.0 Å². The molecule has 0 radical (unpaired) electrons. The number of nitrogens with zero attached hydrogens (tertiary/aromatic N) is 4. The summed E-state index contributed by atoms with van der Waals surface area (Å²) in [5.74, 6) is 0.220. The Morgan fingerprint density at radius 3 is 2.80 bits per heavy atom. The van der Waals surface area contributed by atoms with Crippen LogP contribution in [0.15, 0.2) is 12.3 Å². The predicted octanol–water partition coefficient (Wildman–Crippen LogP) is 0.586. The van der Waals surface area contributed by atoms with Crippen molar-refractivity contribution in [2.75, 3.05) is 32.5 Å². The van der Waals surface area contributed by atoms with Crippen LogP contribution in [0.25, 0.3) is 0 Å². The molecule has 0 aliphatic heterocycles. The zero-order valence-corrected chi connectivity index (χ0v) is 11.6. The maximum absolute atomic E-state index is 10.6. The first-order valence-corrected chi connectivity index (χ1v) is 5.91. The van der Waals surface area contributed by atoms with Crippen molar-refractivity contribution in [1.29, 1.82) is 5.26 Å². The van der Waals surface area contributed by atoms with E-state index in [1.807, 2.05) is 25.1 Å². The van der Waals surface area contributed by atoms with Crippen molar-refractivity contribution in [3.8, 4) is 6.07 Å². The third kappa shape index (κ3) is 4.46. The number of nitriles is 1. The summed E-state index contributed by atoms with van der Waals surface area (Å²) in [4.78, 5) is 15.7. The molecule has 0 saturated carbocycles. The van der Waals surface area contributed by atoms with Gasteiger partial charge in [-0.25, -0.2) is 4.98 Å². The fourth-order valence-electron chi connectivity index (χ4n) is 1.79. The average Bonchev–Trinajstić information content (AvgIpc) is 2.34. The van der Waals surface area contributed by atoms with E-state index in [2.05, 4.69) is 10.3 Å². The minimum Gasteiger partial charge on any atom is -0.387 e. The molecule has 0 bridgehead atoms. The Labute approximate surface area is 116 Å². The smallest absolute Gasteiger partial charge is 0.289 e. The molecule has 0 aromatic carbocycles. The first-order valence-electron chi connectivity index (χ1n) is 5.91. The Kier molecular flexibility index (Phi) is 4.96. The van der Waals surface area contributed by atoms with Gasteiger partial charge >= 0.3 is 0 Å². The van der Waals surface area contributed by atoms with E-state index < -0.39 is 10.5 Å². The molecule has 108 valence electrons. The van der Waals surface area contributed by atoms with Crippen LogP contribution in [0.3, 0.4) is 0 Å². The molecule has 1 rings (SSSR count). The van der Waals surface area contributed by atoms with Crippen molar-refractivity contribution in [2.24, 2.45) is 0 Å². The SMILES string of the molecule is CN(C)CC(C)(O)CNc1ncc([N+](=O)[O-])cc1C#N. The van der Waals surface area contributed by atoms with E-state index in [1.165, 1.54) is 0 Å². The van der Waals surface area contributed by atoms with Gasteiger partial charge in [0.05, 0.1) is 10.5 Å². The quantitative estimate of drug-likeness (QED) is 0.578. The normalized spacial score (nSPS) is 13.6. The Hall–Kier alpha value is -2.24. The second-order valence-electron chi connectivity index (χ2n) is 5.05. The van der Waals surface area contributed by atoms with Crippen molar-refractivity contribution in [3.63, 3.8) is 0 Å². The summed E-state index contributed by atoms with van der Waals surface area (Å²) in [5.41, 5.74) is -1.19. The monoisotopic (exact) mass is 279 g/mol. The Balaban J connectivity index is 2.83. The molecule has 1 aromatic rings. The second kappa shape index (κ2) is 6.27. The van der Waals surface area contributed by atoms with Crippen molar-refractivity contribution < 1.29 is 10.0 Å². The lowest BCUT2D eigenvalue weighted by Crippen LogP contribution is -2.43. The summed E-state index contributed by atoms with van der Waals surface area (Å²) >= 11 is 0. The lowest BCUT2D eigenvalue weighted by Gasteiger charge is -2.27. The van der Waals surface area contributed by atoms with E-state index in [0.29, 0.717) is 6.54 Å². The topological polar surface area (TPSA) is 115 Å². The molecular weight excluding hydrogens is 262 g/mol. The molecule has 0 spiro atoms. The molecule has 8 heteroatoms. The van der Waals surface area contributed by atoms with Gasteiger partial charge in [-0.3, -0.25) is 10.1 Å². The number of nitrogens with one attached hydrogen (secondary N) is 1. The van der Waals surface area contributed by atoms with E-state index in [1.54, 1.807) is 6.92 Å². The van der Waals surface area contributed by atoms with Gasteiger partial charge in [-0.2, -0.15) is 5.26 Å². The van der Waals surface area contributed by atoms with E-state index in [0.717, 1.165) is 12.3 Å². The van der Waals surface area contributed by atoms with Gasteiger partial charge in [0.15, 0.2) is 0 Å². The van der Waals surface area contributed by atoms with Crippen LogP contribution in [-0.4, -0.2) is 52.7 Å². The lowest BCUT2D eigenvalue weighted by atomic mass is 10.1. The molecule has 8 nitrogen and oxygen atoms in total. The fourth-order valence-corrected chi connectivity index (χ4v) is 1.79. The summed E-state index contributed by atoms with van der Waals surface area (Å²) in [6.45, 7) is 2.25. The van der Waals surface area contributed by atoms with E-state index in [-0.39, 0.29) is 23.6 Å². The van der Waals surface area contributed by atoms with Gasteiger partial charge in [0.2, 0.25) is 0 Å². The minimum absolute atomic E-state index is 0.0693. The summed E-state index contributed by atoms with van der Waals surface area (Å²) < 4.78 is 0. The second-order valence-corrected chi connectivity index (χ2v) is 5.05. The highest BCUT2D eigenvalue weighted by molar-refractivity contribution is 5.55. The molecule has 0 saturated heterocycles. The van der Waals surface area contributed by atoms with Gasteiger partial charge < -0.3 is 15.3 Å². The number of likely N-dealkylation sites (N-methyl/N-ethyl adjacent to an activating group) is 1. The van der Waals surface area contributed by atoms with Gasteiger partial charge in [0, 0.05) is 19.2 Å². The number of aliphatic hydroxyl groups is 1. The first-order chi connectivity index (χ1) is 9.25. The molecule has 1 unspecified atom stereocenters. The molecule has 2 N–H and O–H groups in total. The van der Waals surface area contributed by atoms with Crippen molar-refractivity contribution in [3.05, 3.63) is 27.9 Å². The van der Waals surface area contributed by atoms with Crippen molar-refractivity contribution in [1.82, 2.24) is 9.88 Å². The fraction of sp³-hybridized carbons (Fsp3) is 0.500. The van der Waals surface area contributed by atoms with Crippen LogP contribution in [-0.2, 0) is 0 Å². The minimum atomic E-state index is -1.01. The van der Waals surface area contributed by atoms with Crippen LogP contribution < -0.4 is 5.32 Å². The number of nitro groups is 1. The van der Waals surface area contributed by atoms with E-state index in [9.17, 15) is 15.2 Å². The molecule has 1 atom stereocenters. The predicted molar refractivity (Wildman–Crippen MR) is 73.3 cm³/mol. The molecular formula is C12H17N5O3.